The lowest BCUT2D eigenvalue weighted by molar-refractivity contribution is -0.139. The van der Waals surface area contributed by atoms with Gasteiger partial charge in [-0.1, -0.05) is 0 Å². The van der Waals surface area contributed by atoms with Crippen molar-refractivity contribution in [1.29, 1.82) is 5.26 Å². The van der Waals surface area contributed by atoms with Gasteiger partial charge in [-0.15, -0.1) is 0 Å². The van der Waals surface area contributed by atoms with E-state index >= 15 is 0 Å². The number of rotatable bonds is 2. The molecule has 80 valence electrons. The molecule has 0 aromatic heterocycles. The van der Waals surface area contributed by atoms with Gasteiger partial charge in [0.05, 0.1) is 12.1 Å². The zero-order valence-electron chi connectivity index (χ0n) is 7.87. The second-order valence-electron chi connectivity index (χ2n) is 3.02. The minimum atomic E-state index is -0.865. The van der Waals surface area contributed by atoms with E-state index in [0.717, 1.165) is 0 Å². The molecule has 7 heteroatoms. The summed E-state index contributed by atoms with van der Waals surface area (Å²) in [5.41, 5.74) is 0. The van der Waals surface area contributed by atoms with Crippen LogP contribution in [0.2, 0.25) is 0 Å². The Labute approximate surface area is 85.8 Å². The summed E-state index contributed by atoms with van der Waals surface area (Å²) < 4.78 is 0. The minimum Gasteiger partial charge on any atom is -0.354 e. The highest BCUT2D eigenvalue weighted by Crippen LogP contribution is 1.98. The Morgan fingerprint density at radius 3 is 2.80 bits per heavy atom. The lowest BCUT2D eigenvalue weighted by Crippen LogP contribution is -2.45. The van der Waals surface area contributed by atoms with Gasteiger partial charge in [0.25, 0.3) is 0 Å². The van der Waals surface area contributed by atoms with E-state index in [-0.39, 0.29) is 24.9 Å². The molecule has 3 N–H and O–H groups in total. The van der Waals surface area contributed by atoms with E-state index in [1.54, 1.807) is 6.07 Å². The fourth-order valence-corrected chi connectivity index (χ4v) is 1.16. The van der Waals surface area contributed by atoms with Gasteiger partial charge in [0.2, 0.25) is 5.91 Å². The number of hydrogen-bond donors (Lipinski definition) is 3. The largest absolute Gasteiger partial charge is 0.354 e. The summed E-state index contributed by atoms with van der Waals surface area (Å²) in [5.74, 6) is -1.85. The zero-order chi connectivity index (χ0) is 11.3. The number of nitrogens with one attached hydrogen (secondary N) is 3. The lowest BCUT2D eigenvalue weighted by atomic mass is 10.2. The van der Waals surface area contributed by atoms with Gasteiger partial charge in [0, 0.05) is 13.0 Å². The van der Waals surface area contributed by atoms with Crippen LogP contribution >= 0.6 is 0 Å². The molecule has 0 spiro atoms. The van der Waals surface area contributed by atoms with Crippen LogP contribution in [0.4, 0.5) is 0 Å². The van der Waals surface area contributed by atoms with E-state index in [4.69, 9.17) is 5.26 Å². The van der Waals surface area contributed by atoms with Crippen molar-refractivity contribution in [1.82, 2.24) is 16.0 Å². The van der Waals surface area contributed by atoms with E-state index in [0.29, 0.717) is 6.54 Å². The van der Waals surface area contributed by atoms with Crippen LogP contribution in [0.1, 0.15) is 6.42 Å². The molecule has 15 heavy (non-hydrogen) atoms. The average molecular weight is 210 g/mol. The Kier molecular flexibility index (Phi) is 3.62. The smallest absolute Gasteiger partial charge is 0.310 e. The van der Waals surface area contributed by atoms with Crippen molar-refractivity contribution in [3.63, 3.8) is 0 Å². The normalized spacial score (nSPS) is 18.9. The van der Waals surface area contributed by atoms with Gasteiger partial charge in [0.1, 0.15) is 6.54 Å². The van der Waals surface area contributed by atoms with Gasteiger partial charge in [-0.25, -0.2) is 0 Å². The minimum absolute atomic E-state index is 0.155. The number of nitrogens with zero attached hydrogens (tertiary/aromatic N) is 1. The van der Waals surface area contributed by atoms with Gasteiger partial charge in [-0.05, 0) is 0 Å². The summed E-state index contributed by atoms with van der Waals surface area (Å²) >= 11 is 0. The number of amides is 3. The Balaban J connectivity index is 2.32. The van der Waals surface area contributed by atoms with Crippen LogP contribution in [0.5, 0.6) is 0 Å². The molecular formula is C8H10N4O3. The molecule has 1 aliphatic heterocycles. The number of hydrogen-bond acceptors (Lipinski definition) is 4. The van der Waals surface area contributed by atoms with Crippen molar-refractivity contribution >= 4 is 17.7 Å². The molecule has 0 radical (unpaired) electrons. The molecule has 0 saturated carbocycles. The van der Waals surface area contributed by atoms with E-state index in [9.17, 15) is 14.4 Å². The van der Waals surface area contributed by atoms with Crippen LogP contribution in [0.25, 0.3) is 0 Å². The quantitative estimate of drug-likeness (QED) is 0.349. The Hall–Kier alpha value is -2.10. The molecule has 0 aliphatic carbocycles. The molecule has 1 rings (SSSR count). The molecule has 1 atom stereocenters. The summed E-state index contributed by atoms with van der Waals surface area (Å²) in [6, 6.07) is 1.33. The average Bonchev–Trinajstić information content (AvgIpc) is 2.60. The summed E-state index contributed by atoms with van der Waals surface area (Å²) in [6.07, 6.45) is 0.178. The first-order chi connectivity index (χ1) is 7.13. The van der Waals surface area contributed by atoms with Crippen LogP contribution in [0.3, 0.4) is 0 Å². The van der Waals surface area contributed by atoms with Crippen LogP contribution in [0, 0.1) is 11.3 Å². The highest BCUT2D eigenvalue weighted by atomic mass is 16.2. The van der Waals surface area contributed by atoms with Crippen molar-refractivity contribution in [2.75, 3.05) is 13.1 Å². The standard InChI is InChI=1S/C8H10N4O3/c9-1-2-10-7(14)8(15)12-5-3-6(13)11-4-5/h5H,2-4H2,(H,10,14)(H,11,13)(H,12,15). The van der Waals surface area contributed by atoms with Crippen molar-refractivity contribution in [3.05, 3.63) is 0 Å². The molecule has 0 bridgehead atoms. The van der Waals surface area contributed by atoms with E-state index in [1.165, 1.54) is 0 Å². The first-order valence-electron chi connectivity index (χ1n) is 4.36. The first-order valence-corrected chi connectivity index (χ1v) is 4.36. The fourth-order valence-electron chi connectivity index (χ4n) is 1.16. The van der Waals surface area contributed by atoms with Crippen molar-refractivity contribution in [2.45, 2.75) is 12.5 Å². The van der Waals surface area contributed by atoms with Gasteiger partial charge in [-0.3, -0.25) is 14.4 Å². The van der Waals surface area contributed by atoms with Crippen LogP contribution in [0.15, 0.2) is 0 Å². The Morgan fingerprint density at radius 2 is 2.27 bits per heavy atom. The molecule has 1 unspecified atom stereocenters. The fraction of sp³-hybridized carbons (Fsp3) is 0.500. The highest BCUT2D eigenvalue weighted by Gasteiger charge is 2.25. The van der Waals surface area contributed by atoms with Crippen molar-refractivity contribution < 1.29 is 14.4 Å². The number of carbonyl (C=O) groups excluding carboxylic acids is 3. The second-order valence-corrected chi connectivity index (χ2v) is 3.02. The molecular weight excluding hydrogens is 200 g/mol. The summed E-state index contributed by atoms with van der Waals surface area (Å²) in [5, 5.41) is 15.2. The topological polar surface area (TPSA) is 111 Å². The van der Waals surface area contributed by atoms with E-state index in [2.05, 4.69) is 16.0 Å². The van der Waals surface area contributed by atoms with Gasteiger partial charge >= 0.3 is 11.8 Å². The highest BCUT2D eigenvalue weighted by molar-refractivity contribution is 6.35. The summed E-state index contributed by atoms with van der Waals surface area (Å²) in [6.45, 7) is 0.115. The maximum atomic E-state index is 11.1. The lowest BCUT2D eigenvalue weighted by Gasteiger charge is -2.08. The zero-order valence-corrected chi connectivity index (χ0v) is 7.87. The van der Waals surface area contributed by atoms with E-state index < -0.39 is 11.8 Å². The van der Waals surface area contributed by atoms with Crippen molar-refractivity contribution in [2.24, 2.45) is 0 Å². The SMILES string of the molecule is N#CCNC(=O)C(=O)NC1CNC(=O)C1. The third-order valence-corrected chi connectivity index (χ3v) is 1.85. The third kappa shape index (κ3) is 3.27. The van der Waals surface area contributed by atoms with Gasteiger partial charge in [-0.2, -0.15) is 5.26 Å². The first kappa shape index (κ1) is 11.0. The predicted molar refractivity (Wildman–Crippen MR) is 48.2 cm³/mol. The van der Waals surface area contributed by atoms with Gasteiger partial charge in [0.15, 0.2) is 0 Å². The maximum absolute atomic E-state index is 11.1. The van der Waals surface area contributed by atoms with Gasteiger partial charge < -0.3 is 16.0 Å². The monoisotopic (exact) mass is 210 g/mol. The molecule has 0 aromatic carbocycles. The maximum Gasteiger partial charge on any atom is 0.310 e. The molecule has 0 aromatic rings. The summed E-state index contributed by atoms with van der Waals surface area (Å²) in [7, 11) is 0. The molecule has 1 aliphatic rings. The number of carbonyl (C=O) groups is 3. The van der Waals surface area contributed by atoms with E-state index in [1.807, 2.05) is 0 Å². The Bertz CT molecular complexity index is 333. The van der Waals surface area contributed by atoms with Crippen LogP contribution < -0.4 is 16.0 Å². The molecule has 1 fully saturated rings. The van der Waals surface area contributed by atoms with Crippen LogP contribution in [-0.2, 0) is 14.4 Å². The van der Waals surface area contributed by atoms with Crippen molar-refractivity contribution in [3.8, 4) is 6.07 Å². The molecule has 7 nitrogen and oxygen atoms in total. The predicted octanol–water partition coefficient (Wildman–Crippen LogP) is -2.37. The second kappa shape index (κ2) is 4.95. The molecule has 1 heterocycles. The third-order valence-electron chi connectivity index (χ3n) is 1.85. The molecule has 3 amide bonds. The summed E-state index contributed by atoms with van der Waals surface area (Å²) in [4.78, 5) is 32.9. The number of nitriles is 1. The Morgan fingerprint density at radius 1 is 1.53 bits per heavy atom. The van der Waals surface area contributed by atoms with Crippen LogP contribution in [-0.4, -0.2) is 36.9 Å². The molecule has 1 saturated heterocycles.